The first kappa shape index (κ1) is 16.4. The predicted molar refractivity (Wildman–Crippen MR) is 93.9 cm³/mol. The van der Waals surface area contributed by atoms with Gasteiger partial charge in [-0.15, -0.1) is 11.3 Å². The summed E-state index contributed by atoms with van der Waals surface area (Å²) in [5.41, 5.74) is 1.28. The number of para-hydroxylation sites is 1. The van der Waals surface area contributed by atoms with Gasteiger partial charge in [0, 0.05) is 22.7 Å². The number of benzene rings is 1. The number of fused-ring (bicyclic) bond motifs is 1. The number of hydrogen-bond donors (Lipinski definition) is 0. The molecule has 24 heavy (non-hydrogen) atoms. The van der Waals surface area contributed by atoms with Crippen LogP contribution >= 0.6 is 11.3 Å². The third-order valence-electron chi connectivity index (χ3n) is 3.36. The maximum atomic E-state index is 12.8. The van der Waals surface area contributed by atoms with Crippen LogP contribution in [-0.2, 0) is 4.74 Å². The van der Waals surface area contributed by atoms with Gasteiger partial charge in [-0.25, -0.2) is 9.78 Å². The zero-order chi connectivity index (χ0) is 17.5. The van der Waals surface area contributed by atoms with Crippen molar-refractivity contribution in [1.29, 1.82) is 0 Å². The summed E-state index contributed by atoms with van der Waals surface area (Å²) < 4.78 is 6.82. The number of aromatic nitrogens is 2. The molecule has 2 heterocycles. The van der Waals surface area contributed by atoms with Gasteiger partial charge in [-0.1, -0.05) is 18.2 Å². The molecule has 0 atom stereocenters. The van der Waals surface area contributed by atoms with Crippen LogP contribution in [-0.4, -0.2) is 27.0 Å². The van der Waals surface area contributed by atoms with E-state index in [1.165, 1.54) is 22.1 Å². The molecule has 0 aliphatic carbocycles. The van der Waals surface area contributed by atoms with Gasteiger partial charge in [0.2, 0.25) is 5.78 Å². The molecule has 0 aliphatic heterocycles. The molecule has 0 fully saturated rings. The minimum absolute atomic E-state index is 0.188. The summed E-state index contributed by atoms with van der Waals surface area (Å²) in [6, 6.07) is 7.28. The highest BCUT2D eigenvalue weighted by Crippen LogP contribution is 2.26. The van der Waals surface area contributed by atoms with Gasteiger partial charge >= 0.3 is 6.09 Å². The highest BCUT2D eigenvalue weighted by molar-refractivity contribution is 7.12. The monoisotopic (exact) mass is 342 g/mol. The van der Waals surface area contributed by atoms with Crippen molar-refractivity contribution in [3.8, 4) is 0 Å². The fourth-order valence-electron chi connectivity index (χ4n) is 2.40. The minimum atomic E-state index is -0.612. The lowest BCUT2D eigenvalue weighted by Crippen LogP contribution is -2.26. The second-order valence-electron chi connectivity index (χ2n) is 6.53. The van der Waals surface area contributed by atoms with Crippen LogP contribution in [0.1, 0.15) is 41.8 Å². The first-order valence-corrected chi connectivity index (χ1v) is 8.44. The molecule has 5 nitrogen and oxygen atoms in total. The van der Waals surface area contributed by atoms with Crippen LogP contribution in [0.25, 0.3) is 10.9 Å². The van der Waals surface area contributed by atoms with Gasteiger partial charge in [-0.3, -0.25) is 9.36 Å². The highest BCUT2D eigenvalue weighted by Gasteiger charge is 2.24. The normalized spacial score (nSPS) is 11.7. The molecule has 3 rings (SSSR count). The predicted octanol–water partition coefficient (Wildman–Crippen LogP) is 4.42. The SMILES string of the molecule is Cc1csc(C(=O)c2cn(C(=O)OC(C)(C)C)c3ccccc23)n1. The first-order chi connectivity index (χ1) is 11.3. The summed E-state index contributed by atoms with van der Waals surface area (Å²) in [4.78, 5) is 29.5. The van der Waals surface area contributed by atoms with Gasteiger partial charge in [-0.05, 0) is 33.8 Å². The van der Waals surface area contributed by atoms with Crippen molar-refractivity contribution >= 4 is 34.1 Å². The molecule has 3 aromatic rings. The molecule has 0 spiro atoms. The van der Waals surface area contributed by atoms with E-state index in [1.54, 1.807) is 26.8 Å². The van der Waals surface area contributed by atoms with Crippen LogP contribution in [0.2, 0.25) is 0 Å². The summed E-state index contributed by atoms with van der Waals surface area (Å²) in [6.45, 7) is 7.26. The van der Waals surface area contributed by atoms with Crippen LogP contribution in [0, 0.1) is 6.92 Å². The molecule has 2 aromatic heterocycles. The summed E-state index contributed by atoms with van der Waals surface area (Å²) >= 11 is 1.30. The molecule has 124 valence electrons. The van der Waals surface area contributed by atoms with Gasteiger partial charge in [-0.2, -0.15) is 0 Å². The Morgan fingerprint density at radius 1 is 1.21 bits per heavy atom. The smallest absolute Gasteiger partial charge is 0.419 e. The van der Waals surface area contributed by atoms with E-state index in [4.69, 9.17) is 4.74 Å². The standard InChI is InChI=1S/C18H18N2O3S/c1-11-10-24-16(19-11)15(21)13-9-20(17(22)23-18(2,3)4)14-8-6-5-7-12(13)14/h5-10H,1-4H3. The number of ketones is 1. The van der Waals surface area contributed by atoms with Crippen LogP contribution in [0.4, 0.5) is 4.79 Å². The van der Waals surface area contributed by atoms with E-state index in [2.05, 4.69) is 4.98 Å². The van der Waals surface area contributed by atoms with Crippen LogP contribution in [0.5, 0.6) is 0 Å². The van der Waals surface area contributed by atoms with Gasteiger partial charge in [0.15, 0.2) is 5.01 Å². The number of hydrogen-bond acceptors (Lipinski definition) is 5. The van der Waals surface area contributed by atoms with E-state index in [-0.39, 0.29) is 5.78 Å². The molecule has 0 N–H and O–H groups in total. The first-order valence-electron chi connectivity index (χ1n) is 7.56. The third-order valence-corrected chi connectivity index (χ3v) is 4.32. The average molecular weight is 342 g/mol. The van der Waals surface area contributed by atoms with Gasteiger partial charge in [0.25, 0.3) is 0 Å². The Morgan fingerprint density at radius 3 is 2.54 bits per heavy atom. The van der Waals surface area contributed by atoms with Crippen molar-refractivity contribution in [1.82, 2.24) is 9.55 Å². The molecular weight excluding hydrogens is 324 g/mol. The van der Waals surface area contributed by atoms with Crippen molar-refractivity contribution in [3.63, 3.8) is 0 Å². The lowest BCUT2D eigenvalue weighted by molar-refractivity contribution is 0.0544. The lowest BCUT2D eigenvalue weighted by Gasteiger charge is -2.19. The lowest BCUT2D eigenvalue weighted by atomic mass is 10.1. The van der Waals surface area contributed by atoms with Crippen LogP contribution in [0.15, 0.2) is 35.8 Å². The van der Waals surface area contributed by atoms with E-state index in [1.807, 2.05) is 30.5 Å². The van der Waals surface area contributed by atoms with Crippen molar-refractivity contribution in [2.45, 2.75) is 33.3 Å². The quantitative estimate of drug-likeness (QED) is 0.647. The molecule has 0 bridgehead atoms. The number of carbonyl (C=O) groups is 2. The Balaban J connectivity index is 2.10. The number of aryl methyl sites for hydroxylation is 1. The molecule has 0 radical (unpaired) electrons. The van der Waals surface area contributed by atoms with Crippen LogP contribution < -0.4 is 0 Å². The number of ether oxygens (including phenoxy) is 1. The van der Waals surface area contributed by atoms with Gasteiger partial charge in [0.05, 0.1) is 11.1 Å². The number of thiazole rings is 1. The Hall–Kier alpha value is -2.47. The van der Waals surface area contributed by atoms with E-state index in [0.29, 0.717) is 21.5 Å². The summed E-state index contributed by atoms with van der Waals surface area (Å²) in [5, 5.41) is 2.96. The van der Waals surface area contributed by atoms with Gasteiger partial charge in [0.1, 0.15) is 5.60 Å². The van der Waals surface area contributed by atoms with Crippen molar-refractivity contribution < 1.29 is 14.3 Å². The molecule has 0 saturated carbocycles. The Labute approximate surface area is 143 Å². The fourth-order valence-corrected chi connectivity index (χ4v) is 3.14. The highest BCUT2D eigenvalue weighted by atomic mass is 32.1. The van der Waals surface area contributed by atoms with E-state index in [9.17, 15) is 9.59 Å². The maximum Gasteiger partial charge on any atom is 0.419 e. The minimum Gasteiger partial charge on any atom is -0.443 e. The molecular formula is C18H18N2O3S. The van der Waals surface area contributed by atoms with E-state index < -0.39 is 11.7 Å². The summed E-state index contributed by atoms with van der Waals surface area (Å²) in [5.74, 6) is -0.188. The largest absolute Gasteiger partial charge is 0.443 e. The average Bonchev–Trinajstić information content (AvgIpc) is 3.09. The van der Waals surface area contributed by atoms with Gasteiger partial charge < -0.3 is 4.74 Å². The molecule has 0 aliphatic rings. The number of nitrogens with zero attached hydrogens (tertiary/aromatic N) is 2. The Bertz CT molecular complexity index is 931. The van der Waals surface area contributed by atoms with E-state index >= 15 is 0 Å². The number of rotatable bonds is 2. The van der Waals surface area contributed by atoms with E-state index in [0.717, 1.165) is 5.69 Å². The maximum absolute atomic E-state index is 12.8. The third kappa shape index (κ3) is 3.10. The number of carbonyl (C=O) groups excluding carboxylic acids is 2. The molecule has 0 amide bonds. The molecule has 1 aromatic carbocycles. The van der Waals surface area contributed by atoms with Crippen molar-refractivity contribution in [2.24, 2.45) is 0 Å². The van der Waals surface area contributed by atoms with Crippen molar-refractivity contribution in [3.05, 3.63) is 52.1 Å². The zero-order valence-corrected chi connectivity index (χ0v) is 14.8. The Morgan fingerprint density at radius 2 is 1.92 bits per heavy atom. The second kappa shape index (κ2) is 5.87. The Kier molecular flexibility index (Phi) is 4.01. The van der Waals surface area contributed by atoms with Crippen LogP contribution in [0.3, 0.4) is 0 Å². The topological polar surface area (TPSA) is 61.2 Å². The fraction of sp³-hybridized carbons (Fsp3) is 0.278. The summed E-state index contributed by atoms with van der Waals surface area (Å²) in [7, 11) is 0. The summed E-state index contributed by atoms with van der Waals surface area (Å²) in [6.07, 6.45) is 1.03. The molecule has 6 heteroatoms. The zero-order valence-electron chi connectivity index (χ0n) is 14.0. The molecule has 0 unspecified atom stereocenters. The van der Waals surface area contributed by atoms with Crippen molar-refractivity contribution in [2.75, 3.05) is 0 Å². The molecule has 0 saturated heterocycles. The second-order valence-corrected chi connectivity index (χ2v) is 7.39.